The monoisotopic (exact) mass is 352 g/mol. The van der Waals surface area contributed by atoms with Gasteiger partial charge in [-0.1, -0.05) is 60.7 Å². The van der Waals surface area contributed by atoms with Gasteiger partial charge in [-0.15, -0.1) is 0 Å². The molecular weight excluding hydrogens is 332 g/mol. The Labute approximate surface area is 158 Å². The van der Waals surface area contributed by atoms with Crippen LogP contribution in [0.5, 0.6) is 0 Å². The highest BCUT2D eigenvalue weighted by atomic mass is 16.4. The van der Waals surface area contributed by atoms with Gasteiger partial charge < -0.3 is 5.11 Å². The lowest BCUT2D eigenvalue weighted by molar-refractivity contribution is 0.0696. The van der Waals surface area contributed by atoms with E-state index in [9.17, 15) is 9.90 Å². The fraction of sp³-hybridized carbons (Fsp3) is 0.160. The van der Waals surface area contributed by atoms with Crippen LogP contribution in [0.3, 0.4) is 0 Å². The van der Waals surface area contributed by atoms with Crippen molar-refractivity contribution in [1.82, 2.24) is 0 Å². The van der Waals surface area contributed by atoms with Gasteiger partial charge in [0.2, 0.25) is 0 Å². The van der Waals surface area contributed by atoms with E-state index in [4.69, 9.17) is 0 Å². The maximum absolute atomic E-state index is 12.1. The first-order valence-corrected chi connectivity index (χ1v) is 9.48. The molecule has 27 heavy (non-hydrogen) atoms. The summed E-state index contributed by atoms with van der Waals surface area (Å²) in [6.07, 6.45) is 3.33. The van der Waals surface area contributed by atoms with Crippen molar-refractivity contribution >= 4 is 27.5 Å². The molecule has 0 aliphatic heterocycles. The summed E-state index contributed by atoms with van der Waals surface area (Å²) in [6.45, 7) is 0. The third-order valence-corrected chi connectivity index (χ3v) is 5.82. The predicted molar refractivity (Wildman–Crippen MR) is 110 cm³/mol. The molecule has 0 atom stereocenters. The fourth-order valence-electron chi connectivity index (χ4n) is 4.42. The topological polar surface area (TPSA) is 37.3 Å². The minimum absolute atomic E-state index is 0.462. The van der Waals surface area contributed by atoms with E-state index in [2.05, 4.69) is 48.5 Å². The molecular formula is C25H20O2. The maximum Gasteiger partial charge on any atom is 0.335 e. The molecule has 0 saturated heterocycles. The molecule has 0 radical (unpaired) electrons. The quantitative estimate of drug-likeness (QED) is 0.454. The molecule has 0 spiro atoms. The molecule has 0 fully saturated rings. The lowest BCUT2D eigenvalue weighted by Crippen LogP contribution is -2.08. The summed E-state index contributed by atoms with van der Waals surface area (Å²) in [4.78, 5) is 12.1. The van der Waals surface area contributed by atoms with Crippen LogP contribution in [-0.4, -0.2) is 11.1 Å². The summed E-state index contributed by atoms with van der Waals surface area (Å²) >= 11 is 0. The maximum atomic E-state index is 12.1. The molecule has 0 heterocycles. The van der Waals surface area contributed by atoms with Crippen molar-refractivity contribution in [2.75, 3.05) is 0 Å². The lowest BCUT2D eigenvalue weighted by atomic mass is 9.86. The molecule has 0 saturated carbocycles. The Bertz CT molecular complexity index is 1190. The third-order valence-electron chi connectivity index (χ3n) is 5.82. The van der Waals surface area contributed by atoms with E-state index in [0.29, 0.717) is 5.56 Å². The molecule has 1 N–H and O–H groups in total. The number of hydrogen-bond acceptors (Lipinski definition) is 1. The molecule has 132 valence electrons. The molecule has 4 bridgehead atoms. The fourth-order valence-corrected chi connectivity index (χ4v) is 4.42. The van der Waals surface area contributed by atoms with E-state index >= 15 is 0 Å². The molecule has 4 aliphatic rings. The molecule has 4 aromatic rings. The van der Waals surface area contributed by atoms with Crippen molar-refractivity contribution in [3.63, 3.8) is 0 Å². The Balaban J connectivity index is 1.88. The lowest BCUT2D eigenvalue weighted by Gasteiger charge is -2.18. The Hall–Kier alpha value is -3.13. The molecule has 4 aromatic carbocycles. The number of aromatic carboxylic acids is 1. The summed E-state index contributed by atoms with van der Waals surface area (Å²) < 4.78 is 0. The van der Waals surface area contributed by atoms with E-state index in [1.54, 1.807) is 0 Å². The van der Waals surface area contributed by atoms with Crippen molar-refractivity contribution in [2.45, 2.75) is 25.7 Å². The van der Waals surface area contributed by atoms with Crippen LogP contribution in [0.25, 0.3) is 21.5 Å². The highest BCUT2D eigenvalue weighted by molar-refractivity contribution is 6.13. The van der Waals surface area contributed by atoms with Gasteiger partial charge in [-0.3, -0.25) is 0 Å². The molecule has 0 unspecified atom stereocenters. The third kappa shape index (κ3) is 2.69. The number of carbonyl (C=O) groups is 1. The molecule has 0 aromatic heterocycles. The van der Waals surface area contributed by atoms with Gasteiger partial charge in [0.15, 0.2) is 0 Å². The van der Waals surface area contributed by atoms with Crippen molar-refractivity contribution < 1.29 is 9.90 Å². The summed E-state index contributed by atoms with van der Waals surface area (Å²) in [7, 11) is 0. The highest BCUT2D eigenvalue weighted by Crippen LogP contribution is 2.35. The Morgan fingerprint density at radius 2 is 1.44 bits per heavy atom. The first-order chi connectivity index (χ1) is 13.2. The predicted octanol–water partition coefficient (Wildman–Crippen LogP) is 5.58. The molecule has 8 rings (SSSR count). The largest absolute Gasteiger partial charge is 0.478 e. The van der Waals surface area contributed by atoms with Crippen molar-refractivity contribution in [3.05, 3.63) is 94.5 Å². The number of carboxylic acids is 1. The van der Waals surface area contributed by atoms with E-state index in [-0.39, 0.29) is 0 Å². The Kier molecular flexibility index (Phi) is 3.71. The summed E-state index contributed by atoms with van der Waals surface area (Å²) in [6, 6.07) is 23.3. The van der Waals surface area contributed by atoms with Gasteiger partial charge in [-0.2, -0.15) is 0 Å². The first kappa shape index (κ1) is 16.1. The summed E-state index contributed by atoms with van der Waals surface area (Å²) in [5.74, 6) is -0.827. The number of benzene rings is 4. The average Bonchev–Trinajstić information content (AvgIpc) is 2.69. The molecule has 4 aliphatic carbocycles. The van der Waals surface area contributed by atoms with Crippen LogP contribution in [0.4, 0.5) is 0 Å². The minimum atomic E-state index is -0.827. The standard InChI is InChI=1S/C25H20O2/c26-25(27)23-15-19-11-9-16-5-7-17(8-6-16)10-13-22(23)24-20-4-2-1-3-18(20)12-14-21(19)24/h1-8,12,14-15H,9-11,13H2,(H,26,27). The van der Waals surface area contributed by atoms with E-state index < -0.39 is 5.97 Å². The van der Waals surface area contributed by atoms with E-state index in [1.807, 2.05) is 18.2 Å². The van der Waals surface area contributed by atoms with Gasteiger partial charge in [0, 0.05) is 0 Å². The molecule has 2 nitrogen and oxygen atoms in total. The van der Waals surface area contributed by atoms with Gasteiger partial charge in [0.05, 0.1) is 5.56 Å². The number of fused-ring (bicyclic) bond motifs is 1. The van der Waals surface area contributed by atoms with Gasteiger partial charge in [0.1, 0.15) is 0 Å². The Morgan fingerprint density at radius 1 is 0.741 bits per heavy atom. The zero-order valence-electron chi connectivity index (χ0n) is 15.0. The smallest absolute Gasteiger partial charge is 0.335 e. The van der Waals surface area contributed by atoms with Crippen molar-refractivity contribution in [3.8, 4) is 0 Å². The van der Waals surface area contributed by atoms with Crippen LogP contribution in [-0.2, 0) is 25.7 Å². The van der Waals surface area contributed by atoms with Crippen molar-refractivity contribution in [2.24, 2.45) is 0 Å². The second-order valence-corrected chi connectivity index (χ2v) is 7.39. The zero-order valence-corrected chi connectivity index (χ0v) is 15.0. The normalized spacial score (nSPS) is 13.6. The van der Waals surface area contributed by atoms with Gasteiger partial charge in [-0.05, 0) is 75.5 Å². The van der Waals surface area contributed by atoms with Crippen LogP contribution >= 0.6 is 0 Å². The number of rotatable bonds is 1. The highest BCUT2D eigenvalue weighted by Gasteiger charge is 2.19. The van der Waals surface area contributed by atoms with Crippen LogP contribution in [0, 0.1) is 0 Å². The number of carboxylic acid groups (broad SMARTS) is 1. The van der Waals surface area contributed by atoms with Crippen molar-refractivity contribution in [1.29, 1.82) is 0 Å². The average molecular weight is 352 g/mol. The van der Waals surface area contributed by atoms with Crippen LogP contribution in [0.1, 0.15) is 32.6 Å². The SMILES string of the molecule is O=C(O)c1cc2c3ccc4ccccc4c3c1CCc1ccc(cc1)CC2. The molecule has 2 heteroatoms. The second kappa shape index (κ2) is 6.24. The molecule has 0 amide bonds. The number of hydrogen-bond donors (Lipinski definition) is 1. The minimum Gasteiger partial charge on any atom is -0.478 e. The second-order valence-electron chi connectivity index (χ2n) is 7.39. The number of aryl methyl sites for hydroxylation is 4. The Morgan fingerprint density at radius 3 is 2.19 bits per heavy atom. The van der Waals surface area contributed by atoms with Gasteiger partial charge >= 0.3 is 5.97 Å². The first-order valence-electron chi connectivity index (χ1n) is 9.48. The van der Waals surface area contributed by atoms with E-state index in [0.717, 1.165) is 53.0 Å². The van der Waals surface area contributed by atoms with Crippen LogP contribution in [0.2, 0.25) is 0 Å². The zero-order chi connectivity index (χ0) is 18.4. The summed E-state index contributed by atoms with van der Waals surface area (Å²) in [5.41, 5.74) is 5.11. The van der Waals surface area contributed by atoms with Gasteiger partial charge in [0.25, 0.3) is 0 Å². The summed E-state index contributed by atoms with van der Waals surface area (Å²) in [5, 5.41) is 14.6. The van der Waals surface area contributed by atoms with Crippen LogP contribution in [0.15, 0.2) is 66.7 Å². The van der Waals surface area contributed by atoms with E-state index in [1.165, 1.54) is 16.5 Å². The van der Waals surface area contributed by atoms with Gasteiger partial charge in [-0.25, -0.2) is 4.79 Å². The van der Waals surface area contributed by atoms with Crippen LogP contribution < -0.4 is 0 Å².